The van der Waals surface area contributed by atoms with E-state index in [4.69, 9.17) is 17.4 Å². The third-order valence-electron chi connectivity index (χ3n) is 2.25. The van der Waals surface area contributed by atoms with Crippen LogP contribution in [-0.4, -0.2) is 0 Å². The summed E-state index contributed by atoms with van der Waals surface area (Å²) in [6.07, 6.45) is 0. The largest absolute Gasteiger partial charge is 0.271 e. The first kappa shape index (κ1) is 11.5. The van der Waals surface area contributed by atoms with Crippen LogP contribution in [0.3, 0.4) is 0 Å². The maximum absolute atomic E-state index is 6.11. The lowest BCUT2D eigenvalue weighted by Crippen LogP contribution is -2.37. The summed E-state index contributed by atoms with van der Waals surface area (Å²) in [5.74, 6) is 5.55. The fourth-order valence-electron chi connectivity index (χ4n) is 1.52. The zero-order valence-electron chi connectivity index (χ0n) is 8.84. The number of hydrogen-bond donors (Lipinski definition) is 2. The van der Waals surface area contributed by atoms with E-state index in [1.807, 2.05) is 24.3 Å². The number of nitrogens with one attached hydrogen (secondary N) is 1. The second-order valence-corrected chi connectivity index (χ2v) is 4.89. The topological polar surface area (TPSA) is 38.0 Å². The molecule has 3 N–H and O–H groups in total. The summed E-state index contributed by atoms with van der Waals surface area (Å²) in [5, 5.41) is 0.755. The van der Waals surface area contributed by atoms with Gasteiger partial charge < -0.3 is 0 Å². The van der Waals surface area contributed by atoms with Crippen LogP contribution in [0.5, 0.6) is 0 Å². The normalized spacial score (nSPS) is 14.1. The molecule has 0 aliphatic rings. The van der Waals surface area contributed by atoms with Gasteiger partial charge in [0.25, 0.3) is 0 Å². The van der Waals surface area contributed by atoms with Crippen LogP contribution in [0.4, 0.5) is 0 Å². The molecule has 1 unspecified atom stereocenters. The van der Waals surface area contributed by atoms with Crippen molar-refractivity contribution in [1.82, 2.24) is 5.43 Å². The Hall–Kier alpha value is -0.570. The smallest absolute Gasteiger partial charge is 0.0523 e. The highest BCUT2D eigenvalue weighted by Crippen LogP contribution is 2.35. The predicted molar refractivity (Wildman–Crippen MR) is 61.0 cm³/mol. The Morgan fingerprint density at radius 1 is 1.29 bits per heavy atom. The minimum absolute atomic E-state index is 0.0414. The number of hydrazine groups is 1. The van der Waals surface area contributed by atoms with Crippen molar-refractivity contribution in [2.45, 2.75) is 26.8 Å². The minimum Gasteiger partial charge on any atom is -0.271 e. The molecular weight excluding hydrogens is 196 g/mol. The minimum atomic E-state index is 0.0414. The molecular formula is C11H17ClN2. The van der Waals surface area contributed by atoms with E-state index in [9.17, 15) is 0 Å². The van der Waals surface area contributed by atoms with Gasteiger partial charge in [-0.25, -0.2) is 0 Å². The van der Waals surface area contributed by atoms with E-state index in [-0.39, 0.29) is 11.5 Å². The number of benzene rings is 1. The fourth-order valence-corrected chi connectivity index (χ4v) is 1.76. The first-order valence-corrected chi connectivity index (χ1v) is 5.05. The highest BCUT2D eigenvalue weighted by molar-refractivity contribution is 6.31. The molecule has 1 aromatic rings. The van der Waals surface area contributed by atoms with Gasteiger partial charge in [0.05, 0.1) is 6.04 Å². The summed E-state index contributed by atoms with van der Waals surface area (Å²) < 4.78 is 0. The van der Waals surface area contributed by atoms with Gasteiger partial charge in [0.1, 0.15) is 0 Å². The van der Waals surface area contributed by atoms with Crippen LogP contribution in [-0.2, 0) is 0 Å². The van der Waals surface area contributed by atoms with Gasteiger partial charge in [0.15, 0.2) is 0 Å². The van der Waals surface area contributed by atoms with E-state index in [0.717, 1.165) is 10.6 Å². The monoisotopic (exact) mass is 212 g/mol. The van der Waals surface area contributed by atoms with E-state index < -0.39 is 0 Å². The van der Waals surface area contributed by atoms with Gasteiger partial charge >= 0.3 is 0 Å². The highest BCUT2D eigenvalue weighted by atomic mass is 35.5. The number of nitrogens with two attached hydrogens (primary N) is 1. The first-order valence-electron chi connectivity index (χ1n) is 4.67. The van der Waals surface area contributed by atoms with Crippen LogP contribution in [0.15, 0.2) is 24.3 Å². The van der Waals surface area contributed by atoms with E-state index in [1.165, 1.54) is 0 Å². The summed E-state index contributed by atoms with van der Waals surface area (Å²) in [5.41, 5.74) is 3.90. The molecule has 14 heavy (non-hydrogen) atoms. The van der Waals surface area contributed by atoms with E-state index in [1.54, 1.807) is 0 Å². The fraction of sp³-hybridized carbons (Fsp3) is 0.455. The molecule has 2 nitrogen and oxygen atoms in total. The van der Waals surface area contributed by atoms with Crippen LogP contribution in [0.1, 0.15) is 32.4 Å². The van der Waals surface area contributed by atoms with Crippen molar-refractivity contribution < 1.29 is 0 Å². The number of hydrogen-bond acceptors (Lipinski definition) is 2. The lowest BCUT2D eigenvalue weighted by Gasteiger charge is -2.30. The van der Waals surface area contributed by atoms with Crippen LogP contribution < -0.4 is 11.3 Å². The first-order chi connectivity index (χ1) is 6.46. The molecule has 0 spiro atoms. The predicted octanol–water partition coefficient (Wildman–Crippen LogP) is 2.89. The summed E-state index contributed by atoms with van der Waals surface area (Å²) >= 11 is 6.11. The van der Waals surface area contributed by atoms with Crippen molar-refractivity contribution in [2.24, 2.45) is 11.3 Å². The van der Waals surface area contributed by atoms with Crippen molar-refractivity contribution >= 4 is 11.6 Å². The van der Waals surface area contributed by atoms with Gasteiger partial charge in [-0.2, -0.15) is 0 Å². The van der Waals surface area contributed by atoms with Crippen molar-refractivity contribution in [3.05, 3.63) is 34.9 Å². The van der Waals surface area contributed by atoms with Gasteiger partial charge in [-0.1, -0.05) is 50.6 Å². The average molecular weight is 213 g/mol. The molecule has 0 fully saturated rings. The van der Waals surface area contributed by atoms with Crippen LogP contribution in [0.25, 0.3) is 0 Å². The molecule has 0 aromatic heterocycles. The SMILES string of the molecule is CC(C)(C)C(NN)c1ccccc1Cl. The Labute approximate surface area is 90.4 Å². The van der Waals surface area contributed by atoms with Gasteiger partial charge in [-0.15, -0.1) is 0 Å². The zero-order chi connectivity index (χ0) is 10.8. The highest BCUT2D eigenvalue weighted by Gasteiger charge is 2.26. The van der Waals surface area contributed by atoms with Crippen molar-refractivity contribution in [3.8, 4) is 0 Å². The number of halogens is 1. The summed E-state index contributed by atoms with van der Waals surface area (Å²) in [6, 6.07) is 7.83. The number of rotatable bonds is 2. The summed E-state index contributed by atoms with van der Waals surface area (Å²) in [4.78, 5) is 0. The van der Waals surface area contributed by atoms with Crippen LogP contribution >= 0.6 is 11.6 Å². The van der Waals surface area contributed by atoms with Gasteiger partial charge in [-0.3, -0.25) is 11.3 Å². The van der Waals surface area contributed by atoms with Crippen LogP contribution in [0, 0.1) is 5.41 Å². The second-order valence-electron chi connectivity index (χ2n) is 4.49. The Bertz CT molecular complexity index is 304. The molecule has 0 saturated carbocycles. The summed E-state index contributed by atoms with van der Waals surface area (Å²) in [7, 11) is 0. The Morgan fingerprint density at radius 3 is 2.29 bits per heavy atom. The molecule has 0 bridgehead atoms. The van der Waals surface area contributed by atoms with E-state index in [0.29, 0.717) is 0 Å². The Kier molecular flexibility index (Phi) is 3.53. The van der Waals surface area contributed by atoms with Crippen molar-refractivity contribution in [2.75, 3.05) is 0 Å². The summed E-state index contributed by atoms with van der Waals surface area (Å²) in [6.45, 7) is 6.38. The second kappa shape index (κ2) is 4.30. The lowest BCUT2D eigenvalue weighted by molar-refractivity contribution is 0.275. The van der Waals surface area contributed by atoms with E-state index in [2.05, 4.69) is 26.2 Å². The molecule has 0 aliphatic heterocycles. The van der Waals surface area contributed by atoms with E-state index >= 15 is 0 Å². The Morgan fingerprint density at radius 2 is 1.86 bits per heavy atom. The third-order valence-corrected chi connectivity index (χ3v) is 2.59. The van der Waals surface area contributed by atoms with Gasteiger partial charge in [-0.05, 0) is 17.0 Å². The van der Waals surface area contributed by atoms with Gasteiger partial charge in [0.2, 0.25) is 0 Å². The molecule has 0 saturated heterocycles. The molecule has 1 atom stereocenters. The molecule has 1 rings (SSSR count). The van der Waals surface area contributed by atoms with Gasteiger partial charge in [0, 0.05) is 5.02 Å². The molecule has 78 valence electrons. The molecule has 0 radical (unpaired) electrons. The lowest BCUT2D eigenvalue weighted by atomic mass is 9.83. The zero-order valence-corrected chi connectivity index (χ0v) is 9.60. The quantitative estimate of drug-likeness (QED) is 0.585. The van der Waals surface area contributed by atoms with Crippen LogP contribution in [0.2, 0.25) is 5.02 Å². The van der Waals surface area contributed by atoms with Crippen molar-refractivity contribution in [3.63, 3.8) is 0 Å². The average Bonchev–Trinajstić information content (AvgIpc) is 2.07. The molecule has 0 heterocycles. The molecule has 0 aliphatic carbocycles. The molecule has 1 aromatic carbocycles. The maximum atomic E-state index is 6.11. The third kappa shape index (κ3) is 2.47. The molecule has 3 heteroatoms. The standard InChI is InChI=1S/C11H17ClN2/c1-11(2,3)10(14-13)8-6-4-5-7-9(8)12/h4-7,10,14H,13H2,1-3H3. The Balaban J connectivity index is 3.08. The van der Waals surface area contributed by atoms with Crippen molar-refractivity contribution in [1.29, 1.82) is 0 Å². The maximum Gasteiger partial charge on any atom is 0.0523 e. The molecule has 0 amide bonds.